The van der Waals surface area contributed by atoms with E-state index < -0.39 is 0 Å². The van der Waals surface area contributed by atoms with Crippen molar-refractivity contribution in [2.45, 2.75) is 52.5 Å². The lowest BCUT2D eigenvalue weighted by atomic mass is 10.1. The molecule has 18 heavy (non-hydrogen) atoms. The molecular formula is C15H27N3. The molecule has 1 aromatic rings. The van der Waals surface area contributed by atoms with E-state index in [1.165, 1.54) is 25.7 Å². The highest BCUT2D eigenvalue weighted by atomic mass is 15.2. The Labute approximate surface area is 111 Å². The first-order valence-corrected chi connectivity index (χ1v) is 7.16. The Kier molecular flexibility index (Phi) is 6.73. The van der Waals surface area contributed by atoms with Gasteiger partial charge in [-0.3, -0.25) is 0 Å². The van der Waals surface area contributed by atoms with Gasteiger partial charge in [-0.15, -0.1) is 0 Å². The lowest BCUT2D eigenvalue weighted by Crippen LogP contribution is -2.28. The van der Waals surface area contributed by atoms with Crippen molar-refractivity contribution in [3.05, 3.63) is 23.9 Å². The topological polar surface area (TPSA) is 42.2 Å². The van der Waals surface area contributed by atoms with Crippen molar-refractivity contribution in [2.24, 2.45) is 5.73 Å². The SMILES string of the molecule is CCCCN(CCCC)c1ncccc1[C@H](C)N. The minimum atomic E-state index is 0.0412. The molecule has 0 aliphatic heterocycles. The van der Waals surface area contributed by atoms with E-state index in [-0.39, 0.29) is 6.04 Å². The number of hydrogen-bond acceptors (Lipinski definition) is 3. The van der Waals surface area contributed by atoms with Crippen LogP contribution >= 0.6 is 0 Å². The van der Waals surface area contributed by atoms with Crippen molar-refractivity contribution < 1.29 is 0 Å². The van der Waals surface area contributed by atoms with Crippen LogP contribution in [-0.2, 0) is 0 Å². The third-order valence-electron chi connectivity index (χ3n) is 3.17. The zero-order valence-electron chi connectivity index (χ0n) is 12.0. The third-order valence-corrected chi connectivity index (χ3v) is 3.17. The van der Waals surface area contributed by atoms with E-state index in [4.69, 9.17) is 5.73 Å². The molecule has 0 radical (unpaired) electrons. The van der Waals surface area contributed by atoms with Crippen LogP contribution in [0.5, 0.6) is 0 Å². The Morgan fingerprint density at radius 1 is 1.22 bits per heavy atom. The van der Waals surface area contributed by atoms with Crippen LogP contribution in [0, 0.1) is 0 Å². The molecular weight excluding hydrogens is 222 g/mol. The molecule has 0 saturated carbocycles. The second-order valence-electron chi connectivity index (χ2n) is 4.90. The van der Waals surface area contributed by atoms with Crippen LogP contribution in [0.4, 0.5) is 5.82 Å². The van der Waals surface area contributed by atoms with Gasteiger partial charge in [0.2, 0.25) is 0 Å². The zero-order chi connectivity index (χ0) is 13.4. The molecule has 0 unspecified atom stereocenters. The van der Waals surface area contributed by atoms with Crippen LogP contribution in [0.25, 0.3) is 0 Å². The maximum Gasteiger partial charge on any atom is 0.133 e. The molecule has 3 heteroatoms. The smallest absolute Gasteiger partial charge is 0.133 e. The van der Waals surface area contributed by atoms with E-state index in [9.17, 15) is 0 Å². The molecule has 3 nitrogen and oxygen atoms in total. The van der Waals surface area contributed by atoms with Crippen LogP contribution in [-0.4, -0.2) is 18.1 Å². The van der Waals surface area contributed by atoms with E-state index in [0.717, 1.165) is 24.5 Å². The summed E-state index contributed by atoms with van der Waals surface area (Å²) in [6.45, 7) is 8.63. The van der Waals surface area contributed by atoms with Crippen molar-refractivity contribution in [1.82, 2.24) is 4.98 Å². The van der Waals surface area contributed by atoms with Crippen LogP contribution in [0.3, 0.4) is 0 Å². The molecule has 102 valence electrons. The summed E-state index contributed by atoms with van der Waals surface area (Å²) in [6, 6.07) is 4.11. The number of pyridine rings is 1. The largest absolute Gasteiger partial charge is 0.356 e. The van der Waals surface area contributed by atoms with Gasteiger partial charge >= 0.3 is 0 Å². The zero-order valence-corrected chi connectivity index (χ0v) is 12.0. The van der Waals surface area contributed by atoms with Gasteiger partial charge in [-0.25, -0.2) is 4.98 Å². The Morgan fingerprint density at radius 2 is 1.83 bits per heavy atom. The van der Waals surface area contributed by atoms with Crippen molar-refractivity contribution >= 4 is 5.82 Å². The van der Waals surface area contributed by atoms with Crippen LogP contribution in [0.15, 0.2) is 18.3 Å². The minimum absolute atomic E-state index is 0.0412. The highest BCUT2D eigenvalue weighted by molar-refractivity contribution is 5.48. The van der Waals surface area contributed by atoms with Gasteiger partial charge in [-0.05, 0) is 25.8 Å². The summed E-state index contributed by atoms with van der Waals surface area (Å²) in [5.74, 6) is 1.08. The predicted octanol–water partition coefficient (Wildman–Crippen LogP) is 3.51. The molecule has 0 fully saturated rings. The fraction of sp³-hybridized carbons (Fsp3) is 0.667. The molecule has 2 N–H and O–H groups in total. The van der Waals surface area contributed by atoms with E-state index in [1.54, 1.807) is 0 Å². The fourth-order valence-corrected chi connectivity index (χ4v) is 2.05. The first-order chi connectivity index (χ1) is 8.70. The van der Waals surface area contributed by atoms with Gasteiger partial charge in [0.25, 0.3) is 0 Å². The van der Waals surface area contributed by atoms with Gasteiger partial charge in [0, 0.05) is 30.9 Å². The maximum absolute atomic E-state index is 6.04. The van der Waals surface area contributed by atoms with Gasteiger partial charge in [-0.1, -0.05) is 32.8 Å². The van der Waals surface area contributed by atoms with Crippen molar-refractivity contribution in [1.29, 1.82) is 0 Å². The van der Waals surface area contributed by atoms with Crippen molar-refractivity contribution in [2.75, 3.05) is 18.0 Å². The molecule has 0 bridgehead atoms. The Hall–Kier alpha value is -1.09. The number of nitrogens with zero attached hydrogens (tertiary/aromatic N) is 2. The fourth-order valence-electron chi connectivity index (χ4n) is 2.05. The van der Waals surface area contributed by atoms with Crippen molar-refractivity contribution in [3.63, 3.8) is 0 Å². The summed E-state index contributed by atoms with van der Waals surface area (Å²) < 4.78 is 0. The standard InChI is InChI=1S/C15H27N3/c1-4-6-11-18(12-7-5-2)15-14(13(3)16)9-8-10-17-15/h8-10,13H,4-7,11-12,16H2,1-3H3/t13-/m0/s1. The number of unbranched alkanes of at least 4 members (excludes halogenated alkanes) is 2. The van der Waals surface area contributed by atoms with E-state index in [1.807, 2.05) is 19.2 Å². The average Bonchev–Trinajstić information content (AvgIpc) is 2.39. The normalized spacial score (nSPS) is 12.4. The van der Waals surface area contributed by atoms with E-state index >= 15 is 0 Å². The Bertz CT molecular complexity index is 328. The number of rotatable bonds is 8. The summed E-state index contributed by atoms with van der Waals surface area (Å²) in [4.78, 5) is 6.95. The second-order valence-corrected chi connectivity index (χ2v) is 4.90. The highest BCUT2D eigenvalue weighted by Crippen LogP contribution is 2.23. The monoisotopic (exact) mass is 249 g/mol. The molecule has 1 rings (SSSR count). The lowest BCUT2D eigenvalue weighted by Gasteiger charge is -2.26. The van der Waals surface area contributed by atoms with Gasteiger partial charge in [0.05, 0.1) is 0 Å². The van der Waals surface area contributed by atoms with E-state index in [0.29, 0.717) is 0 Å². The van der Waals surface area contributed by atoms with Crippen molar-refractivity contribution in [3.8, 4) is 0 Å². The molecule has 0 spiro atoms. The third kappa shape index (κ3) is 4.30. The summed E-state index contributed by atoms with van der Waals surface area (Å²) in [5.41, 5.74) is 7.20. The lowest BCUT2D eigenvalue weighted by molar-refractivity contribution is 0.662. The average molecular weight is 249 g/mol. The number of anilines is 1. The first-order valence-electron chi connectivity index (χ1n) is 7.16. The molecule has 0 amide bonds. The first kappa shape index (κ1) is 15.0. The maximum atomic E-state index is 6.04. The molecule has 0 aliphatic rings. The summed E-state index contributed by atoms with van der Waals surface area (Å²) in [5, 5.41) is 0. The van der Waals surface area contributed by atoms with Crippen LogP contribution < -0.4 is 10.6 Å². The molecule has 1 atom stereocenters. The summed E-state index contributed by atoms with van der Waals surface area (Å²) in [7, 11) is 0. The molecule has 1 aromatic heterocycles. The van der Waals surface area contributed by atoms with Gasteiger partial charge in [0.15, 0.2) is 0 Å². The number of nitrogens with two attached hydrogens (primary N) is 1. The molecule has 0 aliphatic carbocycles. The van der Waals surface area contributed by atoms with Gasteiger partial charge in [0.1, 0.15) is 5.82 Å². The Balaban J connectivity index is 2.88. The molecule has 0 saturated heterocycles. The summed E-state index contributed by atoms with van der Waals surface area (Å²) in [6.07, 6.45) is 6.70. The summed E-state index contributed by atoms with van der Waals surface area (Å²) >= 11 is 0. The van der Waals surface area contributed by atoms with Gasteiger partial charge < -0.3 is 10.6 Å². The van der Waals surface area contributed by atoms with E-state index in [2.05, 4.69) is 29.8 Å². The van der Waals surface area contributed by atoms with Gasteiger partial charge in [-0.2, -0.15) is 0 Å². The Morgan fingerprint density at radius 3 is 2.33 bits per heavy atom. The second kappa shape index (κ2) is 8.09. The quantitative estimate of drug-likeness (QED) is 0.766. The number of hydrogen-bond donors (Lipinski definition) is 1. The molecule has 1 heterocycles. The van der Waals surface area contributed by atoms with Crippen LogP contribution in [0.1, 0.15) is 58.1 Å². The highest BCUT2D eigenvalue weighted by Gasteiger charge is 2.13. The molecule has 0 aromatic carbocycles. The minimum Gasteiger partial charge on any atom is -0.356 e. The van der Waals surface area contributed by atoms with Crippen LogP contribution in [0.2, 0.25) is 0 Å². The number of aromatic nitrogens is 1. The predicted molar refractivity (Wildman–Crippen MR) is 78.9 cm³/mol.